The molecule has 0 N–H and O–H groups in total. The number of aryl methyl sites for hydroxylation is 1. The van der Waals surface area contributed by atoms with Crippen LogP contribution in [0.15, 0.2) is 58.3 Å². The number of sulfonamides is 1. The predicted molar refractivity (Wildman–Crippen MR) is 80.0 cm³/mol. The molecule has 2 aromatic carbocycles. The van der Waals surface area contributed by atoms with Crippen LogP contribution in [-0.4, -0.2) is 12.3 Å². The van der Waals surface area contributed by atoms with E-state index in [1.807, 2.05) is 6.92 Å². The van der Waals surface area contributed by atoms with E-state index in [1.165, 1.54) is 24.3 Å². The zero-order valence-corrected chi connectivity index (χ0v) is 13.5. The van der Waals surface area contributed by atoms with Crippen molar-refractivity contribution < 1.29 is 25.9 Å². The van der Waals surface area contributed by atoms with Crippen molar-refractivity contribution in [1.82, 2.24) is 3.87 Å². The molecule has 0 radical (unpaired) electrons. The first-order chi connectivity index (χ1) is 10.7. The first-order valence-electron chi connectivity index (χ1n) is 6.47. The average Bonchev–Trinajstić information content (AvgIpc) is 3.28. The maximum absolute atomic E-state index is 12.5. The summed E-state index contributed by atoms with van der Waals surface area (Å²) in [6.45, 7) is 1.83. The predicted octanol–water partition coefficient (Wildman–Crippen LogP) is 3.84. The van der Waals surface area contributed by atoms with Gasteiger partial charge in [-0.15, -0.1) is 0 Å². The maximum atomic E-state index is 12.5. The van der Waals surface area contributed by atoms with E-state index in [2.05, 4.69) is 0 Å². The highest BCUT2D eigenvalue weighted by Gasteiger charge is 2.46. The van der Waals surface area contributed by atoms with Crippen LogP contribution >= 0.6 is 11.4 Å². The molecule has 1 aliphatic rings. The third-order valence-electron chi connectivity index (χ3n) is 3.21. The molecule has 3 rings (SSSR count). The van der Waals surface area contributed by atoms with Crippen LogP contribution in [0.1, 0.15) is 11.1 Å². The molecular formula is C14H12F3NO3S2. The number of thiol groups is 1. The third-order valence-corrected chi connectivity index (χ3v) is 7.06. The molecule has 23 heavy (non-hydrogen) atoms. The van der Waals surface area contributed by atoms with Crippen LogP contribution in [0.25, 0.3) is 0 Å². The topological polar surface area (TPSA) is 49.7 Å². The molecule has 0 amide bonds. The van der Waals surface area contributed by atoms with E-state index in [0.717, 1.165) is 21.6 Å². The van der Waals surface area contributed by atoms with Gasteiger partial charge in [0.15, 0.2) is 0 Å². The Morgan fingerprint density at radius 1 is 1.00 bits per heavy atom. The van der Waals surface area contributed by atoms with Crippen molar-refractivity contribution in [2.24, 2.45) is 0 Å². The minimum atomic E-state index is -4.43. The second-order valence-electron chi connectivity index (χ2n) is 4.93. The molecule has 1 fully saturated rings. The molecule has 0 saturated carbocycles. The maximum Gasteiger partial charge on any atom is 0.416 e. The molecular weight excluding hydrogens is 351 g/mol. The second-order valence-corrected chi connectivity index (χ2v) is 8.54. The van der Waals surface area contributed by atoms with Crippen LogP contribution in [0.5, 0.6) is 0 Å². The number of rotatable bonds is 3. The molecule has 0 spiro atoms. The van der Waals surface area contributed by atoms with Crippen molar-refractivity contribution in [3.8, 4) is 0 Å². The van der Waals surface area contributed by atoms with Crippen molar-refractivity contribution in [3.05, 3.63) is 59.7 Å². The summed E-state index contributed by atoms with van der Waals surface area (Å²) in [5.74, 6) is 0. The Balaban J connectivity index is 1.80. The van der Waals surface area contributed by atoms with Gasteiger partial charge in [0.1, 0.15) is 0 Å². The Kier molecular flexibility index (Phi) is 3.91. The molecule has 9 heteroatoms. The van der Waals surface area contributed by atoms with Crippen molar-refractivity contribution >= 4 is 21.4 Å². The molecule has 1 heterocycles. The van der Waals surface area contributed by atoms with Crippen molar-refractivity contribution in [2.75, 3.05) is 0 Å². The second kappa shape index (κ2) is 5.52. The zero-order valence-electron chi connectivity index (χ0n) is 11.8. The van der Waals surface area contributed by atoms with Gasteiger partial charge in [-0.2, -0.15) is 13.2 Å². The lowest BCUT2D eigenvalue weighted by Crippen LogP contribution is -2.10. The standard InChI is InChI=1S/C14H12F3NO3S2/c1-10-2-8-13(9-3-10)23(19,20)18-21-22(18)12-6-4-11(5-7-12)14(15,16)17/h2-9,22H,1H3/t18-/m1/s1. The normalized spacial score (nSPS) is 22.8. The van der Waals surface area contributed by atoms with Crippen molar-refractivity contribution in [3.63, 3.8) is 0 Å². The lowest BCUT2D eigenvalue weighted by molar-refractivity contribution is -0.137. The summed E-state index contributed by atoms with van der Waals surface area (Å²) in [5.41, 5.74) is 0.131. The van der Waals surface area contributed by atoms with Gasteiger partial charge in [-0.3, -0.25) is 0 Å². The van der Waals surface area contributed by atoms with Crippen molar-refractivity contribution in [2.45, 2.75) is 22.9 Å². The molecule has 1 saturated heterocycles. The molecule has 2 aromatic rings. The Morgan fingerprint density at radius 2 is 1.57 bits per heavy atom. The summed E-state index contributed by atoms with van der Waals surface area (Å²) in [7, 11) is -3.80. The minimum absolute atomic E-state index is 0.0833. The Hall–Kier alpha value is -1.55. The third kappa shape index (κ3) is 3.23. The van der Waals surface area contributed by atoms with Gasteiger partial charge in [-0.05, 0) is 43.3 Å². The summed E-state index contributed by atoms with van der Waals surface area (Å²) in [5, 5.41) is 0. The molecule has 4 nitrogen and oxygen atoms in total. The highest BCUT2D eigenvalue weighted by Crippen LogP contribution is 2.59. The van der Waals surface area contributed by atoms with Gasteiger partial charge in [-0.25, -0.2) is 12.7 Å². The van der Waals surface area contributed by atoms with Gasteiger partial charge in [0.25, 0.3) is 10.0 Å². The number of hydrogen-bond donors (Lipinski definition) is 1. The Morgan fingerprint density at radius 3 is 2.09 bits per heavy atom. The lowest BCUT2D eigenvalue weighted by Gasteiger charge is -2.07. The monoisotopic (exact) mass is 363 g/mol. The SMILES string of the molecule is Cc1ccc(S(=O)(=O)[N@]2O[SH]2c2ccc(C(F)(F)F)cc2)cc1. The quantitative estimate of drug-likeness (QED) is 0.666. The van der Waals surface area contributed by atoms with E-state index < -0.39 is 33.1 Å². The van der Waals surface area contributed by atoms with Gasteiger partial charge in [0.05, 0.1) is 10.5 Å². The highest BCUT2D eigenvalue weighted by molar-refractivity contribution is 8.22. The number of halogens is 3. The molecule has 0 aromatic heterocycles. The molecule has 2 atom stereocenters. The minimum Gasteiger partial charge on any atom is -0.205 e. The number of benzene rings is 2. The fourth-order valence-electron chi connectivity index (χ4n) is 1.91. The van der Waals surface area contributed by atoms with Crippen LogP contribution in [0.4, 0.5) is 13.2 Å². The molecule has 0 aliphatic carbocycles. The van der Waals surface area contributed by atoms with E-state index in [9.17, 15) is 21.6 Å². The van der Waals surface area contributed by atoms with Crippen molar-refractivity contribution in [1.29, 1.82) is 0 Å². The first-order valence-corrected chi connectivity index (χ1v) is 9.12. The summed E-state index contributed by atoms with van der Waals surface area (Å²) in [4.78, 5) is 0.490. The molecule has 124 valence electrons. The van der Waals surface area contributed by atoms with Gasteiger partial charge >= 0.3 is 6.18 Å². The van der Waals surface area contributed by atoms with E-state index in [1.54, 1.807) is 12.1 Å². The fraction of sp³-hybridized carbons (Fsp3) is 0.143. The first kappa shape index (κ1) is 16.3. The van der Waals surface area contributed by atoms with Gasteiger partial charge < -0.3 is 0 Å². The van der Waals surface area contributed by atoms with Crippen LogP contribution < -0.4 is 0 Å². The number of nitrogens with zero attached hydrogens (tertiary/aromatic N) is 1. The lowest BCUT2D eigenvalue weighted by atomic mass is 10.2. The van der Waals surface area contributed by atoms with Crippen LogP contribution in [0.2, 0.25) is 0 Å². The zero-order chi connectivity index (χ0) is 16.8. The Bertz CT molecular complexity index is 818. The van der Waals surface area contributed by atoms with Crippen LogP contribution in [0, 0.1) is 6.92 Å². The summed E-state index contributed by atoms with van der Waals surface area (Å²) in [6, 6.07) is 10.6. The Labute approximate surface area is 134 Å². The van der Waals surface area contributed by atoms with E-state index in [-0.39, 0.29) is 4.90 Å². The van der Waals surface area contributed by atoms with E-state index in [0.29, 0.717) is 4.90 Å². The van der Waals surface area contributed by atoms with Crippen LogP contribution in [0.3, 0.4) is 0 Å². The largest absolute Gasteiger partial charge is 0.416 e. The number of hydrogen-bond acceptors (Lipinski definition) is 3. The fourth-order valence-corrected chi connectivity index (χ4v) is 5.35. The molecule has 1 unspecified atom stereocenters. The molecule has 1 aliphatic heterocycles. The van der Waals surface area contributed by atoms with Gasteiger partial charge in [0, 0.05) is 20.1 Å². The van der Waals surface area contributed by atoms with Gasteiger partial charge in [-0.1, -0.05) is 17.7 Å². The van der Waals surface area contributed by atoms with Crippen LogP contribution in [-0.2, 0) is 20.5 Å². The number of alkyl halides is 3. The van der Waals surface area contributed by atoms with Gasteiger partial charge in [0.2, 0.25) is 0 Å². The summed E-state index contributed by atoms with van der Waals surface area (Å²) in [6.07, 6.45) is -4.43. The van der Waals surface area contributed by atoms with E-state index >= 15 is 0 Å². The average molecular weight is 363 g/mol. The highest BCUT2D eigenvalue weighted by atomic mass is 32.3. The smallest absolute Gasteiger partial charge is 0.205 e. The molecule has 0 bridgehead atoms. The van der Waals surface area contributed by atoms with E-state index in [4.69, 9.17) is 4.28 Å². The summed E-state index contributed by atoms with van der Waals surface area (Å²) >= 11 is -1.60. The summed E-state index contributed by atoms with van der Waals surface area (Å²) < 4.78 is 68.2.